The molecule has 0 aromatic carbocycles. The molecule has 3 unspecified atom stereocenters. The summed E-state index contributed by atoms with van der Waals surface area (Å²) < 4.78 is 0. The van der Waals surface area contributed by atoms with Crippen LogP contribution in [0.15, 0.2) is 12.5 Å². The van der Waals surface area contributed by atoms with Crippen molar-refractivity contribution in [1.29, 1.82) is 0 Å². The molecule has 1 aromatic heterocycles. The molecule has 0 saturated carbocycles. The van der Waals surface area contributed by atoms with Crippen molar-refractivity contribution in [3.8, 4) is 0 Å². The number of carboxylic acids is 2. The molecule has 0 radical (unpaired) electrons. The van der Waals surface area contributed by atoms with Crippen LogP contribution in [-0.2, 0) is 35.2 Å². The number of carbonyl (C=O) groups excluding carboxylic acids is 4. The SMILES string of the molecule is NC(=O)CC(NC(=O)C(N)CCC(=O)O)C(=O)NC(Cc1cnc[nH]1)C(=O)NCC(=O)O. The number of aromatic nitrogens is 2. The number of H-pyrrole nitrogens is 1. The Labute approximate surface area is 181 Å². The van der Waals surface area contributed by atoms with Gasteiger partial charge in [-0.15, -0.1) is 0 Å². The summed E-state index contributed by atoms with van der Waals surface area (Å²) in [7, 11) is 0. The van der Waals surface area contributed by atoms with Crippen LogP contribution in [0.1, 0.15) is 25.0 Å². The highest BCUT2D eigenvalue weighted by atomic mass is 16.4. The van der Waals surface area contributed by atoms with Gasteiger partial charge in [-0.05, 0) is 6.42 Å². The standard InChI is InChI=1S/C17H25N7O8/c18-9(1-2-13(26)27)15(30)23-11(4-12(19)25)17(32)24-10(3-8-5-20-7-22-8)16(31)21-6-14(28)29/h5,7,9-11H,1-4,6,18H2,(H2,19,25)(H,20,22)(H,21,31)(H,23,30)(H,24,32)(H,26,27)(H,28,29). The molecule has 32 heavy (non-hydrogen) atoms. The first kappa shape index (κ1) is 26.0. The summed E-state index contributed by atoms with van der Waals surface area (Å²) in [6, 6.07) is -4.06. The number of carbonyl (C=O) groups is 6. The molecule has 0 aliphatic carbocycles. The third-order valence-electron chi connectivity index (χ3n) is 4.07. The van der Waals surface area contributed by atoms with E-state index in [4.69, 9.17) is 21.7 Å². The van der Waals surface area contributed by atoms with Crippen molar-refractivity contribution >= 4 is 35.6 Å². The van der Waals surface area contributed by atoms with E-state index < -0.39 is 73.1 Å². The fourth-order valence-electron chi connectivity index (χ4n) is 2.48. The van der Waals surface area contributed by atoms with Crippen LogP contribution >= 0.6 is 0 Å². The van der Waals surface area contributed by atoms with Gasteiger partial charge in [0.05, 0.1) is 18.8 Å². The zero-order valence-electron chi connectivity index (χ0n) is 16.9. The summed E-state index contributed by atoms with van der Waals surface area (Å²) in [4.78, 5) is 76.4. The van der Waals surface area contributed by atoms with Gasteiger partial charge in [0.15, 0.2) is 0 Å². The Kier molecular flexibility index (Phi) is 10.3. The van der Waals surface area contributed by atoms with Crippen molar-refractivity contribution in [2.75, 3.05) is 6.54 Å². The fraction of sp³-hybridized carbons (Fsp3) is 0.471. The average Bonchev–Trinajstić information content (AvgIpc) is 3.21. The number of aliphatic carboxylic acids is 2. The maximum Gasteiger partial charge on any atom is 0.322 e. The molecular weight excluding hydrogens is 430 g/mol. The lowest BCUT2D eigenvalue weighted by Crippen LogP contribution is -2.57. The molecule has 1 rings (SSSR count). The summed E-state index contributed by atoms with van der Waals surface area (Å²) in [5.74, 6) is -6.11. The van der Waals surface area contributed by atoms with Crippen LogP contribution < -0.4 is 27.4 Å². The second kappa shape index (κ2) is 12.6. The van der Waals surface area contributed by atoms with Crippen LogP contribution in [0.4, 0.5) is 0 Å². The van der Waals surface area contributed by atoms with E-state index in [0.29, 0.717) is 5.69 Å². The topological polar surface area (TPSA) is 260 Å². The zero-order chi connectivity index (χ0) is 24.3. The fourth-order valence-corrected chi connectivity index (χ4v) is 2.48. The van der Waals surface area contributed by atoms with Gasteiger partial charge in [-0.2, -0.15) is 0 Å². The maximum atomic E-state index is 12.7. The molecule has 1 aromatic rings. The number of hydrogen-bond acceptors (Lipinski definition) is 8. The molecule has 0 spiro atoms. The van der Waals surface area contributed by atoms with Crippen LogP contribution in [0.5, 0.6) is 0 Å². The van der Waals surface area contributed by atoms with Crippen LogP contribution in [0.2, 0.25) is 0 Å². The second-order valence-corrected chi connectivity index (χ2v) is 6.72. The van der Waals surface area contributed by atoms with E-state index in [9.17, 15) is 28.8 Å². The third-order valence-corrected chi connectivity index (χ3v) is 4.07. The van der Waals surface area contributed by atoms with Crippen molar-refractivity contribution < 1.29 is 39.0 Å². The van der Waals surface area contributed by atoms with E-state index in [2.05, 4.69) is 25.9 Å². The summed E-state index contributed by atoms with van der Waals surface area (Å²) in [5.41, 5.74) is 11.2. The number of hydrogen-bond donors (Lipinski definition) is 8. The number of nitrogens with zero attached hydrogens (tertiary/aromatic N) is 1. The Morgan fingerprint density at radius 3 is 2.19 bits per heavy atom. The van der Waals surface area contributed by atoms with Gasteiger partial charge in [-0.25, -0.2) is 4.98 Å². The highest BCUT2D eigenvalue weighted by Gasteiger charge is 2.30. The Morgan fingerprint density at radius 2 is 1.66 bits per heavy atom. The molecule has 1 heterocycles. The van der Waals surface area contributed by atoms with Crippen molar-refractivity contribution in [1.82, 2.24) is 25.9 Å². The van der Waals surface area contributed by atoms with Crippen LogP contribution in [0.25, 0.3) is 0 Å². The van der Waals surface area contributed by atoms with Gasteiger partial charge in [-0.3, -0.25) is 28.8 Å². The molecule has 0 aliphatic rings. The Bertz CT molecular complexity index is 842. The number of primary amides is 1. The van der Waals surface area contributed by atoms with Crippen LogP contribution in [0, 0.1) is 0 Å². The minimum atomic E-state index is -1.51. The summed E-state index contributed by atoms with van der Waals surface area (Å²) in [5, 5.41) is 24.1. The average molecular weight is 455 g/mol. The van der Waals surface area contributed by atoms with Crippen molar-refractivity contribution in [2.24, 2.45) is 11.5 Å². The monoisotopic (exact) mass is 455 g/mol. The largest absolute Gasteiger partial charge is 0.481 e. The van der Waals surface area contributed by atoms with E-state index in [1.807, 2.05) is 0 Å². The minimum Gasteiger partial charge on any atom is -0.481 e. The zero-order valence-corrected chi connectivity index (χ0v) is 16.9. The molecule has 4 amide bonds. The Hall–Kier alpha value is -4.01. The van der Waals surface area contributed by atoms with E-state index in [1.54, 1.807) is 0 Å². The minimum absolute atomic E-state index is 0.105. The molecular formula is C17H25N7O8. The molecule has 0 bridgehead atoms. The summed E-state index contributed by atoms with van der Waals surface area (Å²) >= 11 is 0. The van der Waals surface area contributed by atoms with E-state index in [1.165, 1.54) is 12.5 Å². The lowest BCUT2D eigenvalue weighted by molar-refractivity contribution is -0.139. The number of amides is 4. The van der Waals surface area contributed by atoms with E-state index >= 15 is 0 Å². The van der Waals surface area contributed by atoms with Gasteiger partial charge in [0, 0.05) is 24.7 Å². The van der Waals surface area contributed by atoms with Gasteiger partial charge >= 0.3 is 11.9 Å². The molecule has 15 nitrogen and oxygen atoms in total. The number of imidazole rings is 1. The first-order valence-corrected chi connectivity index (χ1v) is 9.32. The number of carboxylic acid groups (broad SMARTS) is 2. The maximum absolute atomic E-state index is 12.7. The molecule has 15 heteroatoms. The number of nitrogens with one attached hydrogen (secondary N) is 4. The first-order chi connectivity index (χ1) is 15.0. The van der Waals surface area contributed by atoms with Gasteiger partial charge in [0.2, 0.25) is 23.6 Å². The highest BCUT2D eigenvalue weighted by molar-refractivity contribution is 5.96. The van der Waals surface area contributed by atoms with Crippen molar-refractivity contribution in [3.05, 3.63) is 18.2 Å². The lowest BCUT2D eigenvalue weighted by Gasteiger charge is -2.23. The first-order valence-electron chi connectivity index (χ1n) is 9.32. The van der Waals surface area contributed by atoms with Crippen molar-refractivity contribution in [3.63, 3.8) is 0 Å². The number of aromatic amines is 1. The second-order valence-electron chi connectivity index (χ2n) is 6.72. The Morgan fingerprint density at radius 1 is 1.00 bits per heavy atom. The van der Waals surface area contributed by atoms with Gasteiger partial charge in [-0.1, -0.05) is 0 Å². The Balaban J connectivity index is 2.92. The quantitative estimate of drug-likeness (QED) is 0.135. The lowest BCUT2D eigenvalue weighted by atomic mass is 10.1. The molecule has 10 N–H and O–H groups in total. The van der Waals surface area contributed by atoms with Gasteiger partial charge in [0.1, 0.15) is 18.6 Å². The predicted octanol–water partition coefficient (Wildman–Crippen LogP) is -3.81. The summed E-state index contributed by atoms with van der Waals surface area (Å²) in [6.45, 7) is -0.700. The highest BCUT2D eigenvalue weighted by Crippen LogP contribution is 2.03. The number of nitrogens with two attached hydrogens (primary N) is 2. The van der Waals surface area contributed by atoms with Crippen LogP contribution in [-0.4, -0.2) is 80.4 Å². The van der Waals surface area contributed by atoms with Crippen molar-refractivity contribution in [2.45, 2.75) is 43.8 Å². The number of rotatable bonds is 14. The molecule has 0 fully saturated rings. The molecule has 0 aliphatic heterocycles. The van der Waals surface area contributed by atoms with Gasteiger partial charge in [0.25, 0.3) is 0 Å². The normalized spacial score (nSPS) is 13.3. The molecule has 176 valence electrons. The molecule has 0 saturated heterocycles. The molecule has 3 atom stereocenters. The summed E-state index contributed by atoms with van der Waals surface area (Å²) in [6.07, 6.45) is 1.37. The van der Waals surface area contributed by atoms with Gasteiger partial charge < -0.3 is 42.6 Å². The van der Waals surface area contributed by atoms with E-state index in [0.717, 1.165) is 0 Å². The smallest absolute Gasteiger partial charge is 0.322 e. The predicted molar refractivity (Wildman–Crippen MR) is 105 cm³/mol. The van der Waals surface area contributed by atoms with E-state index in [-0.39, 0.29) is 12.8 Å². The third kappa shape index (κ3) is 9.66. The van der Waals surface area contributed by atoms with Crippen LogP contribution in [0.3, 0.4) is 0 Å².